The monoisotopic (exact) mass is 386 g/mol. The molecule has 0 aromatic heterocycles. The van der Waals surface area contributed by atoms with Crippen LogP contribution in [-0.2, 0) is 14.1 Å². The summed E-state index contributed by atoms with van der Waals surface area (Å²) in [4.78, 5) is 25.7. The van der Waals surface area contributed by atoms with Gasteiger partial charge in [-0.05, 0) is 45.2 Å². The standard InChI is InChI=1S/C19H28O5.H3OP/c1-12(2)11-13(18(21)24-19(3,4)5)17(20)16-14(22-6)9-8-10-15(16)23-7;1-2/h8-10,12-13H,11H2,1-7H3;2H3. The molecule has 0 aliphatic rings. The summed E-state index contributed by atoms with van der Waals surface area (Å²) in [6.45, 7) is 9.27. The molecule has 0 aliphatic carbocycles. The molecule has 1 aromatic rings. The van der Waals surface area contributed by atoms with E-state index in [1.54, 1.807) is 39.0 Å². The van der Waals surface area contributed by atoms with Gasteiger partial charge in [0.05, 0.1) is 23.3 Å². The second kappa shape index (κ2) is 11.0. The van der Waals surface area contributed by atoms with Crippen molar-refractivity contribution in [3.63, 3.8) is 0 Å². The summed E-state index contributed by atoms with van der Waals surface area (Å²) in [6, 6.07) is 5.09. The van der Waals surface area contributed by atoms with Crippen LogP contribution in [0.15, 0.2) is 18.2 Å². The number of ketones is 1. The maximum atomic E-state index is 13.1. The first kappa shape index (κ1) is 24.2. The van der Waals surface area contributed by atoms with Gasteiger partial charge in [-0.1, -0.05) is 19.9 Å². The number of benzene rings is 1. The maximum absolute atomic E-state index is 13.1. The van der Waals surface area contributed by atoms with Crippen molar-refractivity contribution in [2.45, 2.75) is 46.6 Å². The third-order valence-electron chi connectivity index (χ3n) is 3.39. The SMILES string of the molecule is COc1cccc(OC)c1C(=O)C(CC(C)C)C(=O)OC(C)(C)C.O=[PH3]. The Balaban J connectivity index is 0.00000301. The number of esters is 1. The molecule has 2 atom stereocenters. The van der Waals surface area contributed by atoms with Crippen LogP contribution in [0.3, 0.4) is 0 Å². The average Bonchev–Trinajstić information content (AvgIpc) is 2.58. The Kier molecular flexibility index (Phi) is 10.3. The predicted molar refractivity (Wildman–Crippen MR) is 104 cm³/mol. The highest BCUT2D eigenvalue weighted by molar-refractivity contribution is 7.00. The van der Waals surface area contributed by atoms with Crippen LogP contribution in [0.2, 0.25) is 0 Å². The van der Waals surface area contributed by atoms with Gasteiger partial charge in [0, 0.05) is 0 Å². The van der Waals surface area contributed by atoms with E-state index in [0.717, 1.165) is 0 Å². The van der Waals surface area contributed by atoms with Crippen molar-refractivity contribution in [2.24, 2.45) is 11.8 Å². The summed E-state index contributed by atoms with van der Waals surface area (Å²) < 4.78 is 24.3. The first-order chi connectivity index (χ1) is 12.1. The normalized spacial score (nSPS) is 12.0. The average molecular weight is 386 g/mol. The summed E-state index contributed by atoms with van der Waals surface area (Å²) in [7, 11) is 3.58. The molecule has 1 aromatic carbocycles. The van der Waals surface area contributed by atoms with Crippen LogP contribution < -0.4 is 9.47 Å². The van der Waals surface area contributed by atoms with Crippen LogP contribution in [0.1, 0.15) is 51.4 Å². The molecule has 26 heavy (non-hydrogen) atoms. The fraction of sp³-hybridized carbons (Fsp3) is 0.579. The molecule has 0 bridgehead atoms. The minimum Gasteiger partial charge on any atom is -0.496 e. The summed E-state index contributed by atoms with van der Waals surface area (Å²) in [6.07, 6.45) is 0.398. The Hall–Kier alpha value is -1.81. The van der Waals surface area contributed by atoms with Gasteiger partial charge in [0.2, 0.25) is 0 Å². The van der Waals surface area contributed by atoms with E-state index in [2.05, 4.69) is 0 Å². The van der Waals surface area contributed by atoms with E-state index in [-0.39, 0.29) is 17.3 Å². The Bertz CT molecular complexity index is 584. The van der Waals surface area contributed by atoms with Gasteiger partial charge in [0.15, 0.2) is 5.78 Å². The molecule has 0 heterocycles. The lowest BCUT2D eigenvalue weighted by molar-refractivity contribution is -0.158. The maximum Gasteiger partial charge on any atom is 0.317 e. The van der Waals surface area contributed by atoms with Crippen LogP contribution in [0, 0.1) is 11.8 Å². The largest absolute Gasteiger partial charge is 0.496 e. The minimum atomic E-state index is -0.894. The van der Waals surface area contributed by atoms with Gasteiger partial charge < -0.3 is 18.8 Å². The quantitative estimate of drug-likeness (QED) is 0.307. The lowest BCUT2D eigenvalue weighted by Crippen LogP contribution is -2.34. The van der Waals surface area contributed by atoms with Gasteiger partial charge in [0.1, 0.15) is 28.6 Å². The number of rotatable bonds is 7. The number of carbonyl (C=O) groups excluding carboxylic acids is 2. The highest BCUT2D eigenvalue weighted by Gasteiger charge is 2.35. The van der Waals surface area contributed by atoms with Gasteiger partial charge >= 0.3 is 5.97 Å². The van der Waals surface area contributed by atoms with Crippen LogP contribution in [0.5, 0.6) is 11.5 Å². The Morgan fingerprint density at radius 2 is 1.50 bits per heavy atom. The van der Waals surface area contributed by atoms with Crippen LogP contribution >= 0.6 is 9.12 Å². The van der Waals surface area contributed by atoms with Crippen molar-refractivity contribution in [1.82, 2.24) is 0 Å². The molecule has 148 valence electrons. The first-order valence-electron chi connectivity index (χ1n) is 8.37. The van der Waals surface area contributed by atoms with E-state index in [9.17, 15) is 9.59 Å². The zero-order chi connectivity index (χ0) is 20.5. The zero-order valence-corrected chi connectivity index (χ0v) is 18.2. The predicted octanol–water partition coefficient (Wildman–Crippen LogP) is 3.83. The van der Waals surface area contributed by atoms with Crippen LogP contribution in [0.25, 0.3) is 0 Å². The molecule has 0 aliphatic heterocycles. The molecule has 1 rings (SSSR count). The number of methoxy groups -OCH3 is 2. The van der Waals surface area contributed by atoms with Crippen LogP contribution in [0.4, 0.5) is 0 Å². The molecule has 2 unspecified atom stereocenters. The molecule has 0 N–H and O–H groups in total. The highest BCUT2D eigenvalue weighted by Crippen LogP contribution is 2.33. The zero-order valence-electron chi connectivity index (χ0n) is 16.8. The molecule has 0 saturated heterocycles. The first-order valence-corrected chi connectivity index (χ1v) is 8.95. The summed E-state index contributed by atoms with van der Waals surface area (Å²) >= 11 is 0. The van der Waals surface area contributed by atoms with Crippen molar-refractivity contribution >= 4 is 20.9 Å². The van der Waals surface area contributed by atoms with Gasteiger partial charge in [-0.15, -0.1) is 0 Å². The minimum absolute atomic E-state index is 0.159. The van der Waals surface area contributed by atoms with E-state index in [4.69, 9.17) is 18.8 Å². The third kappa shape index (κ3) is 7.20. The van der Waals surface area contributed by atoms with Crippen molar-refractivity contribution < 1.29 is 28.4 Å². The van der Waals surface area contributed by atoms with Gasteiger partial charge in [-0.3, -0.25) is 9.59 Å². The van der Waals surface area contributed by atoms with Crippen molar-refractivity contribution in [2.75, 3.05) is 14.2 Å². The Morgan fingerprint density at radius 1 is 1.04 bits per heavy atom. The number of carbonyl (C=O) groups is 2. The molecule has 6 nitrogen and oxygen atoms in total. The molecular weight excluding hydrogens is 355 g/mol. The second-order valence-electron chi connectivity index (χ2n) is 7.12. The van der Waals surface area contributed by atoms with E-state index >= 15 is 0 Å². The Labute approximate surface area is 157 Å². The molecule has 0 fully saturated rings. The topological polar surface area (TPSA) is 78.9 Å². The number of hydrogen-bond donors (Lipinski definition) is 0. The summed E-state index contributed by atoms with van der Waals surface area (Å²) in [5, 5.41) is 0. The van der Waals surface area contributed by atoms with E-state index in [0.29, 0.717) is 27.0 Å². The fourth-order valence-electron chi connectivity index (χ4n) is 2.42. The van der Waals surface area contributed by atoms with E-state index < -0.39 is 17.5 Å². The molecular formula is C19H31O6P. The van der Waals surface area contributed by atoms with Crippen molar-refractivity contribution in [3.05, 3.63) is 23.8 Å². The van der Waals surface area contributed by atoms with Gasteiger partial charge in [-0.25, -0.2) is 0 Å². The number of ether oxygens (including phenoxy) is 3. The Morgan fingerprint density at radius 3 is 1.85 bits per heavy atom. The van der Waals surface area contributed by atoms with Gasteiger partial charge in [0.25, 0.3) is 0 Å². The fourth-order valence-corrected chi connectivity index (χ4v) is 2.42. The lowest BCUT2D eigenvalue weighted by atomic mass is 9.88. The molecule has 0 amide bonds. The van der Waals surface area contributed by atoms with E-state index in [1.807, 2.05) is 13.8 Å². The molecule has 7 heteroatoms. The molecule has 0 spiro atoms. The highest BCUT2D eigenvalue weighted by atomic mass is 31.0. The molecule has 0 saturated carbocycles. The summed E-state index contributed by atoms with van der Waals surface area (Å²) in [5.74, 6) is -0.823. The smallest absolute Gasteiger partial charge is 0.317 e. The number of Topliss-reactive ketones (excluding diaryl/α,β-unsaturated/α-hetero) is 1. The second-order valence-corrected chi connectivity index (χ2v) is 7.12. The lowest BCUT2D eigenvalue weighted by Gasteiger charge is -2.25. The molecule has 0 radical (unpaired) electrons. The van der Waals surface area contributed by atoms with Gasteiger partial charge in [-0.2, -0.15) is 0 Å². The van der Waals surface area contributed by atoms with E-state index in [1.165, 1.54) is 14.2 Å². The van der Waals surface area contributed by atoms with Crippen molar-refractivity contribution in [1.29, 1.82) is 0 Å². The van der Waals surface area contributed by atoms with Crippen LogP contribution in [-0.4, -0.2) is 31.6 Å². The van der Waals surface area contributed by atoms with Crippen molar-refractivity contribution in [3.8, 4) is 11.5 Å². The summed E-state index contributed by atoms with van der Waals surface area (Å²) in [5.41, 5.74) is -0.378. The third-order valence-corrected chi connectivity index (χ3v) is 3.39. The number of hydrogen-bond acceptors (Lipinski definition) is 6.